The Labute approximate surface area is 185 Å². The predicted octanol–water partition coefficient (Wildman–Crippen LogP) is 4.58. The molecule has 0 spiro atoms. The van der Waals surface area contributed by atoms with E-state index in [0.29, 0.717) is 12.1 Å². The van der Waals surface area contributed by atoms with Crippen molar-refractivity contribution in [2.24, 2.45) is 11.8 Å². The molecule has 1 aromatic carbocycles. The Kier molecular flexibility index (Phi) is 6.31. The van der Waals surface area contributed by atoms with Crippen LogP contribution in [0.1, 0.15) is 41.9 Å². The smallest absolute Gasteiger partial charge is 0.416 e. The fourth-order valence-electron chi connectivity index (χ4n) is 3.34. The highest BCUT2D eigenvalue weighted by Crippen LogP contribution is 2.42. The van der Waals surface area contributed by atoms with Crippen molar-refractivity contribution >= 4 is 23.3 Å². The normalized spacial score (nSPS) is 18.1. The third-order valence-corrected chi connectivity index (χ3v) is 4.96. The Morgan fingerprint density at radius 3 is 2.39 bits per heavy atom. The molecule has 0 aliphatic heterocycles. The number of anilines is 2. The molecule has 7 nitrogen and oxygen atoms in total. The second kappa shape index (κ2) is 8.56. The number of ether oxygens (including phenoxy) is 1. The van der Waals surface area contributed by atoms with Crippen LogP contribution in [0.15, 0.2) is 18.3 Å². The number of carboxylic acids is 1. The number of Topliss-reactive ketones (excluding diaryl/α,β-unsaturated/α-hetero) is 1. The zero-order chi connectivity index (χ0) is 24.7. The molecule has 1 saturated carbocycles. The third-order valence-electron chi connectivity index (χ3n) is 4.96. The molecule has 2 aromatic rings. The second-order valence-electron chi connectivity index (χ2n) is 8.28. The van der Waals surface area contributed by atoms with Gasteiger partial charge in [-0.3, -0.25) is 9.59 Å². The maximum atomic E-state index is 14.9. The van der Waals surface area contributed by atoms with E-state index in [0.717, 1.165) is 20.0 Å². The standard InChI is InChI=1S/C21H20F5N3O4/c1-20(2,23)7-9-4-10(21(24,25)26)5-13(15(9)22)28-14-8-27-16(18(29-14)33-3)17(30)11-6-12(11)19(31)32/h4-5,8,11-12H,6-7H2,1-3H3,(H,28,29)(H,31,32). The number of carbonyl (C=O) groups excluding carboxylic acids is 1. The van der Waals surface area contributed by atoms with Gasteiger partial charge in [-0.1, -0.05) is 0 Å². The SMILES string of the molecule is COc1nc(Nc2cc(C(F)(F)F)cc(CC(C)(C)F)c2F)cnc1C(=O)C1CC1C(=O)O. The number of aliphatic carboxylic acids is 1. The number of hydrogen-bond acceptors (Lipinski definition) is 6. The van der Waals surface area contributed by atoms with Gasteiger partial charge in [-0.25, -0.2) is 13.8 Å². The van der Waals surface area contributed by atoms with Crippen molar-refractivity contribution in [3.05, 3.63) is 41.0 Å². The van der Waals surface area contributed by atoms with Gasteiger partial charge in [-0.2, -0.15) is 18.2 Å². The van der Waals surface area contributed by atoms with Crippen molar-refractivity contribution in [3.63, 3.8) is 0 Å². The molecule has 178 valence electrons. The average Bonchev–Trinajstić information content (AvgIpc) is 3.49. The third kappa shape index (κ3) is 5.55. The first-order valence-electron chi connectivity index (χ1n) is 9.75. The fraction of sp³-hybridized carbons (Fsp3) is 0.429. The first kappa shape index (κ1) is 24.3. The van der Waals surface area contributed by atoms with Crippen LogP contribution < -0.4 is 10.1 Å². The molecule has 1 aromatic heterocycles. The first-order valence-corrected chi connectivity index (χ1v) is 9.75. The van der Waals surface area contributed by atoms with E-state index in [4.69, 9.17) is 9.84 Å². The van der Waals surface area contributed by atoms with E-state index >= 15 is 0 Å². The molecule has 2 unspecified atom stereocenters. The van der Waals surface area contributed by atoms with Gasteiger partial charge in [-0.05, 0) is 38.0 Å². The maximum absolute atomic E-state index is 14.9. The van der Waals surface area contributed by atoms with E-state index in [2.05, 4.69) is 15.3 Å². The first-order chi connectivity index (χ1) is 15.2. The number of carbonyl (C=O) groups is 2. The van der Waals surface area contributed by atoms with Crippen LogP contribution >= 0.6 is 0 Å². The monoisotopic (exact) mass is 473 g/mol. The summed E-state index contributed by atoms with van der Waals surface area (Å²) in [5.74, 6) is -4.98. The summed E-state index contributed by atoms with van der Waals surface area (Å²) in [6.45, 7) is 2.22. The van der Waals surface area contributed by atoms with Crippen molar-refractivity contribution in [3.8, 4) is 5.88 Å². The van der Waals surface area contributed by atoms with E-state index in [1.54, 1.807) is 0 Å². The van der Waals surface area contributed by atoms with Crippen molar-refractivity contribution in [2.75, 3.05) is 12.4 Å². The van der Waals surface area contributed by atoms with Crippen LogP contribution in [0.3, 0.4) is 0 Å². The second-order valence-corrected chi connectivity index (χ2v) is 8.28. The number of alkyl halides is 4. The summed E-state index contributed by atoms with van der Waals surface area (Å²) >= 11 is 0. The Morgan fingerprint density at radius 1 is 1.21 bits per heavy atom. The zero-order valence-corrected chi connectivity index (χ0v) is 17.8. The molecular weight excluding hydrogens is 453 g/mol. The van der Waals surface area contributed by atoms with Crippen LogP contribution in [0, 0.1) is 17.7 Å². The molecule has 0 bridgehead atoms. The van der Waals surface area contributed by atoms with E-state index in [-0.39, 0.29) is 23.8 Å². The molecule has 0 saturated heterocycles. The van der Waals surface area contributed by atoms with E-state index in [1.165, 1.54) is 7.11 Å². The lowest BCUT2D eigenvalue weighted by Crippen LogP contribution is -2.18. The van der Waals surface area contributed by atoms with Crippen molar-refractivity contribution < 1.29 is 41.4 Å². The number of rotatable bonds is 8. The molecule has 3 rings (SSSR count). The van der Waals surface area contributed by atoms with Crippen LogP contribution in [-0.4, -0.2) is 39.6 Å². The Hall–Kier alpha value is -3.31. The van der Waals surface area contributed by atoms with Gasteiger partial charge in [0.25, 0.3) is 0 Å². The number of hydrogen-bond donors (Lipinski definition) is 2. The molecule has 0 amide bonds. The molecule has 1 fully saturated rings. The number of benzene rings is 1. The van der Waals surface area contributed by atoms with Gasteiger partial charge in [0.1, 0.15) is 11.5 Å². The quantitative estimate of drug-likeness (QED) is 0.428. The summed E-state index contributed by atoms with van der Waals surface area (Å²) in [6.07, 6.45) is -4.30. The molecule has 33 heavy (non-hydrogen) atoms. The van der Waals surface area contributed by atoms with Gasteiger partial charge in [0.2, 0.25) is 5.88 Å². The van der Waals surface area contributed by atoms with E-state index in [1.807, 2.05) is 0 Å². The highest BCUT2D eigenvalue weighted by molar-refractivity contribution is 6.02. The molecule has 2 N–H and O–H groups in total. The minimum atomic E-state index is -4.82. The topological polar surface area (TPSA) is 101 Å². The van der Waals surface area contributed by atoms with Crippen LogP contribution in [0.25, 0.3) is 0 Å². The lowest BCUT2D eigenvalue weighted by atomic mass is 9.97. The number of carboxylic acid groups (broad SMARTS) is 1. The minimum Gasteiger partial charge on any atom is -0.481 e. The lowest BCUT2D eigenvalue weighted by Gasteiger charge is -2.19. The van der Waals surface area contributed by atoms with Gasteiger partial charge < -0.3 is 15.2 Å². The highest BCUT2D eigenvalue weighted by Gasteiger charge is 2.49. The van der Waals surface area contributed by atoms with Crippen LogP contribution in [-0.2, 0) is 17.4 Å². The lowest BCUT2D eigenvalue weighted by molar-refractivity contribution is -0.139. The number of nitrogens with zero attached hydrogens (tertiary/aromatic N) is 2. The van der Waals surface area contributed by atoms with E-state index < -0.39 is 64.5 Å². The summed E-state index contributed by atoms with van der Waals surface area (Å²) in [5, 5.41) is 11.4. The average molecular weight is 473 g/mol. The summed E-state index contributed by atoms with van der Waals surface area (Å²) < 4.78 is 73.9. The highest BCUT2D eigenvalue weighted by atomic mass is 19.4. The summed E-state index contributed by atoms with van der Waals surface area (Å²) in [5.41, 5.74) is -4.51. The number of aromatic nitrogens is 2. The number of ketones is 1. The maximum Gasteiger partial charge on any atom is 0.416 e. The summed E-state index contributed by atoms with van der Waals surface area (Å²) in [4.78, 5) is 31.3. The Balaban J connectivity index is 1.95. The molecule has 1 heterocycles. The molecule has 1 aliphatic carbocycles. The molecule has 1 aliphatic rings. The van der Waals surface area contributed by atoms with Crippen molar-refractivity contribution in [1.82, 2.24) is 9.97 Å². The molecule has 2 atom stereocenters. The van der Waals surface area contributed by atoms with Gasteiger partial charge in [0.15, 0.2) is 17.3 Å². The van der Waals surface area contributed by atoms with Gasteiger partial charge >= 0.3 is 12.1 Å². The van der Waals surface area contributed by atoms with Gasteiger partial charge in [0, 0.05) is 12.3 Å². The summed E-state index contributed by atoms with van der Waals surface area (Å²) in [6, 6.07) is 1.06. The number of nitrogens with one attached hydrogen (secondary N) is 1. The zero-order valence-electron chi connectivity index (χ0n) is 17.8. The minimum absolute atomic E-state index is 0.141. The number of halogens is 5. The Bertz CT molecular complexity index is 1100. The Morgan fingerprint density at radius 2 is 1.88 bits per heavy atom. The largest absolute Gasteiger partial charge is 0.481 e. The van der Waals surface area contributed by atoms with Crippen molar-refractivity contribution in [2.45, 2.75) is 38.5 Å². The van der Waals surface area contributed by atoms with Gasteiger partial charge in [-0.15, -0.1) is 0 Å². The van der Waals surface area contributed by atoms with Gasteiger partial charge in [0.05, 0.1) is 30.5 Å². The molecule has 0 radical (unpaired) electrons. The molecular formula is C21H20F5N3O4. The fourth-order valence-corrected chi connectivity index (χ4v) is 3.34. The van der Waals surface area contributed by atoms with Crippen LogP contribution in [0.4, 0.5) is 33.5 Å². The van der Waals surface area contributed by atoms with Crippen molar-refractivity contribution in [1.29, 1.82) is 0 Å². The molecule has 12 heteroatoms. The number of methoxy groups -OCH3 is 1. The van der Waals surface area contributed by atoms with Crippen LogP contribution in [0.5, 0.6) is 5.88 Å². The predicted molar refractivity (Wildman–Crippen MR) is 106 cm³/mol. The van der Waals surface area contributed by atoms with Crippen LogP contribution in [0.2, 0.25) is 0 Å². The van der Waals surface area contributed by atoms with E-state index in [9.17, 15) is 31.5 Å². The summed E-state index contributed by atoms with van der Waals surface area (Å²) in [7, 11) is 1.17.